The summed E-state index contributed by atoms with van der Waals surface area (Å²) >= 11 is 0. The van der Waals surface area contributed by atoms with Gasteiger partial charge in [-0.1, -0.05) is 137 Å². The Labute approximate surface area is 410 Å². The number of fused-ring (bicyclic) bond motifs is 6. The number of nitrogens with zero attached hydrogens (tertiary/aromatic N) is 8. The van der Waals surface area contributed by atoms with Gasteiger partial charge in [0.2, 0.25) is 11.9 Å². The Morgan fingerprint density at radius 1 is 0.329 bits per heavy atom. The highest BCUT2D eigenvalue weighted by molar-refractivity contribution is 5.88. The van der Waals surface area contributed by atoms with Crippen molar-refractivity contribution in [3.05, 3.63) is 226 Å². The zero-order valence-corrected chi connectivity index (χ0v) is 40.9. The molecule has 0 N–H and O–H groups in total. The Morgan fingerprint density at radius 2 is 0.629 bits per heavy atom. The predicted octanol–water partition coefficient (Wildman–Crippen LogP) is 15.2. The molecule has 2 aliphatic carbocycles. The molecule has 8 heteroatoms. The lowest BCUT2D eigenvalue weighted by molar-refractivity contribution is 0.660. The average molecular weight is 911 g/mol. The molecule has 8 nitrogen and oxygen atoms in total. The van der Waals surface area contributed by atoms with E-state index < -0.39 is 0 Å². The molecule has 0 saturated carbocycles. The number of hydrogen-bond acceptors (Lipinski definition) is 8. The average Bonchev–Trinajstić information content (AvgIpc) is 3.71. The molecule has 2 aliphatic rings. The molecule has 0 atom stereocenters. The third-order valence-electron chi connectivity index (χ3n) is 14.0. The first-order valence-electron chi connectivity index (χ1n) is 23.9. The smallest absolute Gasteiger partial charge is 0.237 e. The van der Waals surface area contributed by atoms with Gasteiger partial charge in [-0.15, -0.1) is 0 Å². The van der Waals surface area contributed by atoms with Crippen molar-refractivity contribution in [2.45, 2.75) is 66.2 Å². The summed E-state index contributed by atoms with van der Waals surface area (Å²) in [4.78, 5) is 30.7. The zero-order chi connectivity index (χ0) is 48.3. The van der Waals surface area contributed by atoms with Crippen molar-refractivity contribution >= 4 is 59.0 Å². The van der Waals surface area contributed by atoms with E-state index in [1.807, 2.05) is 0 Å². The summed E-state index contributed by atoms with van der Waals surface area (Å²) in [6.07, 6.45) is 15.1. The van der Waals surface area contributed by atoms with Crippen LogP contribution in [-0.4, -0.2) is 29.9 Å². The van der Waals surface area contributed by atoms with Crippen LogP contribution >= 0.6 is 0 Å². The molecule has 0 fully saturated rings. The molecule has 0 aliphatic heterocycles. The van der Waals surface area contributed by atoms with Crippen LogP contribution < -0.4 is 9.80 Å². The molecule has 11 rings (SSSR count). The molecule has 70 heavy (non-hydrogen) atoms. The molecule has 2 aromatic heterocycles. The largest absolute Gasteiger partial charge is 0.279 e. The lowest BCUT2D eigenvalue weighted by Crippen LogP contribution is -2.17. The van der Waals surface area contributed by atoms with Crippen LogP contribution in [-0.2, 0) is 10.8 Å². The fourth-order valence-corrected chi connectivity index (χ4v) is 10.7. The molecule has 0 radical (unpaired) electrons. The van der Waals surface area contributed by atoms with E-state index in [9.17, 15) is 0 Å². The van der Waals surface area contributed by atoms with Crippen molar-refractivity contribution < 1.29 is 0 Å². The Kier molecular flexibility index (Phi) is 10.9. The van der Waals surface area contributed by atoms with Gasteiger partial charge in [0.1, 0.15) is 25.3 Å². The third-order valence-corrected chi connectivity index (χ3v) is 14.0. The minimum atomic E-state index is -0.215. The third kappa shape index (κ3) is 8.05. The normalized spacial score (nSPS) is 13.8. The van der Waals surface area contributed by atoms with Crippen LogP contribution in [0.1, 0.15) is 94.5 Å². The summed E-state index contributed by atoms with van der Waals surface area (Å²) < 4.78 is 0. The minimum absolute atomic E-state index is 0.215. The van der Waals surface area contributed by atoms with E-state index in [1.165, 1.54) is 77.9 Å². The second kappa shape index (κ2) is 17.3. The van der Waals surface area contributed by atoms with Crippen LogP contribution in [0.3, 0.4) is 0 Å². The predicted molar refractivity (Wildman–Crippen MR) is 287 cm³/mol. The van der Waals surface area contributed by atoms with Gasteiger partial charge in [0.15, 0.2) is 0 Å². The number of aromatic nitrogens is 6. The van der Waals surface area contributed by atoms with E-state index in [0.717, 1.165) is 33.9 Å². The van der Waals surface area contributed by atoms with Crippen LogP contribution in [0, 0.1) is 27.7 Å². The maximum absolute atomic E-state index is 4.57. The fraction of sp³-hybridized carbons (Fsp3) is 0.161. The topological polar surface area (TPSA) is 83.8 Å². The minimum Gasteiger partial charge on any atom is -0.279 e. The molecular weight excluding hydrogens is 857 g/mol. The van der Waals surface area contributed by atoms with E-state index in [1.54, 1.807) is 25.3 Å². The van der Waals surface area contributed by atoms with Crippen LogP contribution in [0.4, 0.5) is 34.6 Å². The number of hydrogen-bond donors (Lipinski definition) is 0. The lowest BCUT2D eigenvalue weighted by atomic mass is 9.81. The quantitative estimate of drug-likeness (QED) is 0.125. The van der Waals surface area contributed by atoms with E-state index >= 15 is 0 Å². The van der Waals surface area contributed by atoms with Crippen molar-refractivity contribution in [3.63, 3.8) is 0 Å². The van der Waals surface area contributed by atoms with Gasteiger partial charge >= 0.3 is 0 Å². The van der Waals surface area contributed by atoms with Gasteiger partial charge in [0, 0.05) is 33.6 Å². The summed E-state index contributed by atoms with van der Waals surface area (Å²) in [6.45, 7) is 17.8. The van der Waals surface area contributed by atoms with E-state index in [4.69, 9.17) is 0 Å². The first-order chi connectivity index (χ1) is 33.8. The Hall–Kier alpha value is -8.36. The molecule has 9 aromatic rings. The van der Waals surface area contributed by atoms with Gasteiger partial charge in [-0.25, -0.2) is 29.9 Å². The van der Waals surface area contributed by atoms with Gasteiger partial charge < -0.3 is 0 Å². The second-order valence-corrected chi connectivity index (χ2v) is 19.9. The molecule has 0 unspecified atom stereocenters. The summed E-state index contributed by atoms with van der Waals surface area (Å²) in [7, 11) is 0. The van der Waals surface area contributed by atoms with Crippen molar-refractivity contribution in [2.75, 3.05) is 9.80 Å². The number of aryl methyl sites for hydroxylation is 4. The monoisotopic (exact) mass is 910 g/mol. The molecular formula is C62H54N8. The van der Waals surface area contributed by atoms with Gasteiger partial charge in [-0.2, -0.15) is 0 Å². The summed E-state index contributed by atoms with van der Waals surface area (Å²) in [5.41, 5.74) is 23.3. The first kappa shape index (κ1) is 44.2. The molecule has 2 heterocycles. The second-order valence-electron chi connectivity index (χ2n) is 19.9. The molecule has 0 amide bonds. The van der Waals surface area contributed by atoms with E-state index in [2.05, 4.69) is 253 Å². The van der Waals surface area contributed by atoms with Gasteiger partial charge in [0.05, 0.1) is 0 Å². The summed E-state index contributed by atoms with van der Waals surface area (Å²) in [6, 6.07) is 49.1. The van der Waals surface area contributed by atoms with Crippen LogP contribution in [0.2, 0.25) is 0 Å². The highest BCUT2D eigenvalue weighted by atomic mass is 15.3. The Morgan fingerprint density at radius 3 is 0.986 bits per heavy atom. The highest BCUT2D eigenvalue weighted by Crippen LogP contribution is 2.52. The first-order valence-corrected chi connectivity index (χ1v) is 23.9. The summed E-state index contributed by atoms with van der Waals surface area (Å²) in [5, 5.41) is 0. The number of anilines is 6. The molecule has 0 saturated heterocycles. The van der Waals surface area contributed by atoms with Crippen LogP contribution in [0.25, 0.3) is 46.6 Å². The van der Waals surface area contributed by atoms with Crippen molar-refractivity contribution in [1.82, 2.24) is 29.9 Å². The van der Waals surface area contributed by atoms with E-state index in [0.29, 0.717) is 11.9 Å². The standard InChI is InChI=1S/C62H54N8/c1-39-25-40(2)28-49(27-39)69(59-65-35-63-36-66-59)47-19-23-53-51-21-17-45(31-55(51)61(5,6)57(53)33-47)15-13-43-9-11-44(12-10-43)14-16-46-18-22-52-54-24-20-48(34-58(54)62(7,8)56(52)32-46)70(60-67-37-64-38-68-60)50-29-41(3)26-42(4)30-50/h9-38H,1-8H3/b15-13+,16-14+. The van der Waals surface area contributed by atoms with Crippen LogP contribution in [0.15, 0.2) is 159 Å². The lowest BCUT2D eigenvalue weighted by Gasteiger charge is -2.27. The SMILES string of the molecule is Cc1cc(C)cc(N(c2ccc3c(c2)C(C)(C)c2cc(/C=C/c4ccc(/C=C/c5ccc6c(c5)C(C)(C)c5cc(N(c7cc(C)cc(C)c7)c7ncncn7)ccc5-6)cc4)ccc2-3)c2ncncn2)c1. The Balaban J connectivity index is 0.801. The molecule has 342 valence electrons. The highest BCUT2D eigenvalue weighted by Gasteiger charge is 2.38. The molecule has 0 spiro atoms. The van der Waals surface area contributed by atoms with Crippen molar-refractivity contribution in [3.8, 4) is 22.3 Å². The maximum atomic E-state index is 4.57. The maximum Gasteiger partial charge on any atom is 0.237 e. The van der Waals surface area contributed by atoms with Crippen molar-refractivity contribution in [2.24, 2.45) is 0 Å². The zero-order valence-electron chi connectivity index (χ0n) is 40.9. The van der Waals surface area contributed by atoms with Crippen molar-refractivity contribution in [1.29, 1.82) is 0 Å². The van der Waals surface area contributed by atoms with Gasteiger partial charge in [0.25, 0.3) is 0 Å². The number of rotatable bonds is 10. The molecule has 0 bridgehead atoms. The summed E-state index contributed by atoms with van der Waals surface area (Å²) in [5.74, 6) is 1.18. The van der Waals surface area contributed by atoms with E-state index in [-0.39, 0.29) is 10.8 Å². The van der Waals surface area contributed by atoms with Gasteiger partial charge in [-0.05, 0) is 165 Å². The Bertz CT molecular complexity index is 3260. The number of benzene rings is 7. The fourth-order valence-electron chi connectivity index (χ4n) is 10.7. The van der Waals surface area contributed by atoms with Crippen LogP contribution in [0.5, 0.6) is 0 Å². The van der Waals surface area contributed by atoms with Gasteiger partial charge in [-0.3, -0.25) is 9.80 Å². The molecule has 7 aromatic carbocycles.